The maximum atomic E-state index is 12.3. The third-order valence-electron chi connectivity index (χ3n) is 4.16. The van der Waals surface area contributed by atoms with Crippen LogP contribution in [0.5, 0.6) is 0 Å². The first-order valence-corrected chi connectivity index (χ1v) is 9.01. The third kappa shape index (κ3) is 4.00. The first-order chi connectivity index (χ1) is 13.3. The van der Waals surface area contributed by atoms with Crippen molar-refractivity contribution in [1.29, 1.82) is 0 Å². The van der Waals surface area contributed by atoms with Gasteiger partial charge in [-0.1, -0.05) is 23.2 Å². The molecule has 3 rings (SSSR count). The molecule has 0 saturated carbocycles. The second-order valence-corrected chi connectivity index (χ2v) is 6.89. The van der Waals surface area contributed by atoms with Gasteiger partial charge >= 0.3 is 5.69 Å². The van der Waals surface area contributed by atoms with E-state index in [1.54, 1.807) is 38.1 Å². The second-order valence-electron chi connectivity index (χ2n) is 6.05. The fourth-order valence-corrected chi connectivity index (χ4v) is 3.32. The summed E-state index contributed by atoms with van der Waals surface area (Å²) < 4.78 is 1.50. The number of aryl methyl sites for hydroxylation is 1. The van der Waals surface area contributed by atoms with E-state index in [9.17, 15) is 14.9 Å². The second kappa shape index (κ2) is 7.99. The minimum atomic E-state index is -0.458. The number of aromatic amines is 1. The Kier molecular flexibility index (Phi) is 5.66. The van der Waals surface area contributed by atoms with Gasteiger partial charge in [-0.05, 0) is 38.1 Å². The van der Waals surface area contributed by atoms with Gasteiger partial charge in [0.15, 0.2) is 0 Å². The van der Waals surface area contributed by atoms with Crippen LogP contribution in [0.2, 0.25) is 10.0 Å². The number of rotatable bonds is 6. The van der Waals surface area contributed by atoms with E-state index in [1.807, 2.05) is 0 Å². The van der Waals surface area contributed by atoms with Crippen molar-refractivity contribution in [3.8, 4) is 11.3 Å². The van der Waals surface area contributed by atoms with Crippen molar-refractivity contribution in [3.05, 3.63) is 61.5 Å². The molecule has 11 heteroatoms. The molecule has 1 amide bonds. The van der Waals surface area contributed by atoms with Crippen molar-refractivity contribution < 1.29 is 9.72 Å². The quantitative estimate of drug-likeness (QED) is 0.464. The SMILES string of the molecule is Cc1nn(CCNC(=O)c2cc(-c3ccc(Cl)cc3Cl)n[nH]2)c(C)c1[N+](=O)[O-]. The molecule has 1 aromatic carbocycles. The van der Waals surface area contributed by atoms with E-state index in [-0.39, 0.29) is 23.8 Å². The van der Waals surface area contributed by atoms with Gasteiger partial charge in [0.2, 0.25) is 0 Å². The van der Waals surface area contributed by atoms with Crippen molar-refractivity contribution >= 4 is 34.8 Å². The molecule has 9 nitrogen and oxygen atoms in total. The highest BCUT2D eigenvalue weighted by atomic mass is 35.5. The Labute approximate surface area is 169 Å². The standard InChI is InChI=1S/C17H16Cl2N6O3/c1-9-16(25(27)28)10(2)24(23-9)6-5-20-17(26)15-8-14(21-22-15)12-4-3-11(18)7-13(12)19/h3-4,7-8H,5-6H2,1-2H3,(H,20,26)(H,21,22). The molecule has 0 fully saturated rings. The van der Waals surface area contributed by atoms with Gasteiger partial charge < -0.3 is 5.32 Å². The topological polar surface area (TPSA) is 119 Å². The van der Waals surface area contributed by atoms with Crippen LogP contribution in [0.1, 0.15) is 21.9 Å². The van der Waals surface area contributed by atoms with E-state index in [0.717, 1.165) is 0 Å². The van der Waals surface area contributed by atoms with Crippen LogP contribution in [-0.2, 0) is 6.54 Å². The molecule has 3 aromatic rings. The fraction of sp³-hybridized carbons (Fsp3) is 0.235. The van der Waals surface area contributed by atoms with Crippen molar-refractivity contribution in [1.82, 2.24) is 25.3 Å². The Bertz CT molecular complexity index is 1060. The number of hydrogen-bond acceptors (Lipinski definition) is 5. The van der Waals surface area contributed by atoms with Crippen molar-refractivity contribution in [2.45, 2.75) is 20.4 Å². The summed E-state index contributed by atoms with van der Waals surface area (Å²) in [6, 6.07) is 6.59. The average molecular weight is 423 g/mol. The Morgan fingerprint density at radius 1 is 1.32 bits per heavy atom. The smallest absolute Gasteiger partial charge is 0.312 e. The first kappa shape index (κ1) is 19.8. The van der Waals surface area contributed by atoms with Crippen LogP contribution in [0.25, 0.3) is 11.3 Å². The Morgan fingerprint density at radius 2 is 2.07 bits per heavy atom. The molecule has 0 aliphatic heterocycles. The molecule has 0 bridgehead atoms. The molecule has 2 aromatic heterocycles. The Balaban J connectivity index is 1.64. The molecule has 28 heavy (non-hydrogen) atoms. The zero-order chi connectivity index (χ0) is 20.4. The fourth-order valence-electron chi connectivity index (χ4n) is 2.81. The number of halogens is 2. The number of nitro groups is 1. The highest BCUT2D eigenvalue weighted by molar-refractivity contribution is 6.36. The predicted octanol–water partition coefficient (Wildman–Crippen LogP) is 3.54. The summed E-state index contributed by atoms with van der Waals surface area (Å²) in [6.07, 6.45) is 0. The summed E-state index contributed by atoms with van der Waals surface area (Å²) in [6.45, 7) is 3.75. The van der Waals surface area contributed by atoms with Crippen LogP contribution in [0.4, 0.5) is 5.69 Å². The van der Waals surface area contributed by atoms with Crippen LogP contribution >= 0.6 is 23.2 Å². The highest BCUT2D eigenvalue weighted by Crippen LogP contribution is 2.29. The van der Waals surface area contributed by atoms with Gasteiger partial charge in [0, 0.05) is 17.1 Å². The summed E-state index contributed by atoms with van der Waals surface area (Å²) >= 11 is 12.0. The van der Waals surface area contributed by atoms with E-state index in [1.165, 1.54) is 4.68 Å². The van der Waals surface area contributed by atoms with E-state index >= 15 is 0 Å². The maximum absolute atomic E-state index is 12.3. The monoisotopic (exact) mass is 422 g/mol. The molecule has 0 aliphatic rings. The molecule has 0 atom stereocenters. The lowest BCUT2D eigenvalue weighted by Gasteiger charge is -2.05. The number of carbonyl (C=O) groups excluding carboxylic acids is 1. The Hall–Kier alpha value is -2.91. The average Bonchev–Trinajstić information content (AvgIpc) is 3.20. The molecular weight excluding hydrogens is 407 g/mol. The van der Waals surface area contributed by atoms with Gasteiger partial charge in [-0.15, -0.1) is 0 Å². The van der Waals surface area contributed by atoms with Crippen LogP contribution in [-0.4, -0.2) is 37.4 Å². The molecule has 0 saturated heterocycles. The number of amides is 1. The molecule has 0 spiro atoms. The maximum Gasteiger partial charge on any atom is 0.312 e. The van der Waals surface area contributed by atoms with Gasteiger partial charge in [0.1, 0.15) is 17.1 Å². The molecule has 0 aliphatic carbocycles. The van der Waals surface area contributed by atoms with Crippen LogP contribution in [0, 0.1) is 24.0 Å². The molecule has 0 radical (unpaired) electrons. The molecule has 2 N–H and O–H groups in total. The summed E-state index contributed by atoms with van der Waals surface area (Å²) in [5.41, 5.74) is 2.20. The van der Waals surface area contributed by atoms with Crippen LogP contribution in [0.15, 0.2) is 24.3 Å². The predicted molar refractivity (Wildman–Crippen MR) is 105 cm³/mol. The number of H-pyrrole nitrogens is 1. The third-order valence-corrected chi connectivity index (χ3v) is 4.71. The number of nitrogens with zero attached hydrogens (tertiary/aromatic N) is 4. The van der Waals surface area contributed by atoms with Gasteiger partial charge in [0.25, 0.3) is 5.91 Å². The van der Waals surface area contributed by atoms with Gasteiger partial charge in [-0.3, -0.25) is 24.7 Å². The van der Waals surface area contributed by atoms with E-state index < -0.39 is 4.92 Å². The lowest BCUT2D eigenvalue weighted by atomic mass is 10.1. The summed E-state index contributed by atoms with van der Waals surface area (Å²) in [5, 5.41) is 25.6. The van der Waals surface area contributed by atoms with Crippen LogP contribution in [0.3, 0.4) is 0 Å². The lowest BCUT2D eigenvalue weighted by Crippen LogP contribution is -2.28. The first-order valence-electron chi connectivity index (χ1n) is 8.25. The molecule has 146 valence electrons. The zero-order valence-corrected chi connectivity index (χ0v) is 16.5. The van der Waals surface area contributed by atoms with E-state index in [2.05, 4.69) is 20.6 Å². The zero-order valence-electron chi connectivity index (χ0n) is 15.0. The summed E-state index contributed by atoms with van der Waals surface area (Å²) in [7, 11) is 0. The molecule has 0 unspecified atom stereocenters. The number of hydrogen-bond donors (Lipinski definition) is 2. The van der Waals surface area contributed by atoms with Crippen molar-refractivity contribution in [2.75, 3.05) is 6.54 Å². The molecular formula is C17H16Cl2N6O3. The summed E-state index contributed by atoms with van der Waals surface area (Å²) in [5.74, 6) is -0.361. The van der Waals surface area contributed by atoms with E-state index in [4.69, 9.17) is 23.2 Å². The summed E-state index contributed by atoms with van der Waals surface area (Å²) in [4.78, 5) is 22.9. The Morgan fingerprint density at radius 3 is 2.71 bits per heavy atom. The van der Waals surface area contributed by atoms with Crippen molar-refractivity contribution in [3.63, 3.8) is 0 Å². The largest absolute Gasteiger partial charge is 0.349 e. The number of nitrogens with one attached hydrogen (secondary N) is 2. The number of aromatic nitrogens is 4. The number of carbonyl (C=O) groups is 1. The van der Waals surface area contributed by atoms with Gasteiger partial charge in [-0.2, -0.15) is 10.2 Å². The van der Waals surface area contributed by atoms with Crippen molar-refractivity contribution in [2.24, 2.45) is 0 Å². The van der Waals surface area contributed by atoms with Gasteiger partial charge in [-0.25, -0.2) is 0 Å². The van der Waals surface area contributed by atoms with Gasteiger partial charge in [0.05, 0.1) is 22.2 Å². The lowest BCUT2D eigenvalue weighted by molar-refractivity contribution is -0.386. The minimum Gasteiger partial charge on any atom is -0.349 e. The molecule has 2 heterocycles. The van der Waals surface area contributed by atoms with Crippen LogP contribution < -0.4 is 5.32 Å². The number of benzene rings is 1. The normalized spacial score (nSPS) is 10.9. The van der Waals surface area contributed by atoms with E-state index in [0.29, 0.717) is 39.2 Å². The minimum absolute atomic E-state index is 0.00983. The highest BCUT2D eigenvalue weighted by Gasteiger charge is 2.21.